The summed E-state index contributed by atoms with van der Waals surface area (Å²) in [5.74, 6) is 1.39. The summed E-state index contributed by atoms with van der Waals surface area (Å²) in [4.78, 5) is 24.8. The maximum Gasteiger partial charge on any atom is 0.222 e. The summed E-state index contributed by atoms with van der Waals surface area (Å²) < 4.78 is 20.4. The van der Waals surface area contributed by atoms with Gasteiger partial charge >= 0.3 is 0 Å². The Bertz CT molecular complexity index is 1800. The number of nitrogens with one attached hydrogen (secondary N) is 1. The third-order valence-corrected chi connectivity index (χ3v) is 9.39. The summed E-state index contributed by atoms with van der Waals surface area (Å²) in [6.07, 6.45) is 3.66. The van der Waals surface area contributed by atoms with Crippen LogP contribution in [0, 0.1) is 11.7 Å². The van der Waals surface area contributed by atoms with Crippen molar-refractivity contribution in [3.63, 3.8) is 0 Å². The average Bonchev–Trinajstić information content (AvgIpc) is 3.62. The number of rotatable bonds is 9. The Morgan fingerprint density at radius 3 is 2.79 bits per heavy atom. The van der Waals surface area contributed by atoms with Crippen LogP contribution in [0.25, 0.3) is 20.3 Å². The van der Waals surface area contributed by atoms with Crippen molar-refractivity contribution in [2.75, 3.05) is 18.4 Å². The zero-order chi connectivity index (χ0) is 30.1. The van der Waals surface area contributed by atoms with Gasteiger partial charge in [-0.1, -0.05) is 35.9 Å². The minimum Gasteiger partial charge on any atom is -0.487 e. The number of hydrogen-bond donors (Lipinski definition) is 2. The van der Waals surface area contributed by atoms with Crippen molar-refractivity contribution in [2.45, 2.75) is 45.3 Å². The number of benzene rings is 3. The summed E-state index contributed by atoms with van der Waals surface area (Å²) in [7, 11) is 0. The number of thiophene rings is 1. The fourth-order valence-corrected chi connectivity index (χ4v) is 6.87. The quantitative estimate of drug-likeness (QED) is 0.178. The second kappa shape index (κ2) is 12.1. The number of carbonyl (C=O) groups excluding carboxylic acids is 1. The predicted octanol–water partition coefficient (Wildman–Crippen LogP) is 7.48. The molecular formula is C33H33ClFN5O2S. The number of carbonyl (C=O) groups is 1. The molecule has 2 aromatic heterocycles. The molecule has 0 saturated carbocycles. The number of nitrogens with zero attached hydrogens (tertiary/aromatic N) is 3. The first-order valence-corrected chi connectivity index (χ1v) is 15.5. The molecule has 1 amide bonds. The van der Waals surface area contributed by atoms with Gasteiger partial charge in [-0.3, -0.25) is 4.79 Å². The number of likely N-dealkylation sites (tertiary alicyclic amines) is 1. The van der Waals surface area contributed by atoms with E-state index in [1.807, 2.05) is 24.8 Å². The Morgan fingerprint density at radius 2 is 2.02 bits per heavy atom. The van der Waals surface area contributed by atoms with Gasteiger partial charge in [0.25, 0.3) is 0 Å². The van der Waals surface area contributed by atoms with Crippen LogP contribution in [-0.4, -0.2) is 39.4 Å². The second-order valence-electron chi connectivity index (χ2n) is 11.7. The molecule has 0 bridgehead atoms. The molecule has 1 aliphatic heterocycles. The molecule has 0 spiro atoms. The fraction of sp³-hybridized carbons (Fsp3) is 0.303. The number of fused-ring (bicyclic) bond motifs is 3. The molecule has 6 rings (SSSR count). The number of aromatic nitrogens is 2. The molecular weight excluding hydrogens is 585 g/mol. The van der Waals surface area contributed by atoms with Crippen molar-refractivity contribution in [3.05, 3.63) is 89.0 Å². The highest BCUT2D eigenvalue weighted by atomic mass is 35.5. The lowest BCUT2D eigenvalue weighted by molar-refractivity contribution is -0.130. The lowest BCUT2D eigenvalue weighted by atomic mass is 9.88. The monoisotopic (exact) mass is 617 g/mol. The highest BCUT2D eigenvalue weighted by Gasteiger charge is 2.34. The van der Waals surface area contributed by atoms with Gasteiger partial charge in [0.2, 0.25) is 5.91 Å². The van der Waals surface area contributed by atoms with Crippen molar-refractivity contribution >= 4 is 60.7 Å². The zero-order valence-corrected chi connectivity index (χ0v) is 25.6. The van der Waals surface area contributed by atoms with Crippen LogP contribution in [0.5, 0.6) is 5.75 Å². The maximum absolute atomic E-state index is 13.5. The predicted molar refractivity (Wildman–Crippen MR) is 172 cm³/mol. The van der Waals surface area contributed by atoms with Crippen LogP contribution in [0.2, 0.25) is 5.02 Å². The lowest BCUT2D eigenvalue weighted by Crippen LogP contribution is -2.42. The van der Waals surface area contributed by atoms with Gasteiger partial charge in [-0.25, -0.2) is 14.4 Å². The Morgan fingerprint density at radius 1 is 1.16 bits per heavy atom. The molecule has 0 radical (unpaired) electrons. The average molecular weight is 618 g/mol. The highest BCUT2D eigenvalue weighted by molar-refractivity contribution is 7.25. The highest BCUT2D eigenvalue weighted by Crippen LogP contribution is 2.38. The number of amides is 1. The van der Waals surface area contributed by atoms with Crippen LogP contribution in [-0.2, 0) is 17.8 Å². The van der Waals surface area contributed by atoms with E-state index in [9.17, 15) is 9.18 Å². The molecule has 1 fully saturated rings. The molecule has 0 aliphatic carbocycles. The van der Waals surface area contributed by atoms with Crippen LogP contribution in [0.1, 0.15) is 37.8 Å². The molecule has 222 valence electrons. The molecule has 3 heterocycles. The second-order valence-corrected chi connectivity index (χ2v) is 13.1. The zero-order valence-electron chi connectivity index (χ0n) is 24.1. The molecule has 10 heteroatoms. The van der Waals surface area contributed by atoms with E-state index in [-0.39, 0.29) is 23.9 Å². The molecule has 0 unspecified atom stereocenters. The summed E-state index contributed by atoms with van der Waals surface area (Å²) in [6, 6.07) is 18.0. The number of anilines is 2. The lowest BCUT2D eigenvalue weighted by Gasteiger charge is -2.26. The van der Waals surface area contributed by atoms with E-state index in [1.165, 1.54) is 12.1 Å². The number of aryl methyl sites for hydroxylation is 1. The maximum atomic E-state index is 13.5. The summed E-state index contributed by atoms with van der Waals surface area (Å²) >= 11 is 8.12. The van der Waals surface area contributed by atoms with Gasteiger partial charge in [0.1, 0.15) is 35.1 Å². The van der Waals surface area contributed by atoms with Gasteiger partial charge in [0.05, 0.1) is 10.4 Å². The van der Waals surface area contributed by atoms with Crippen molar-refractivity contribution in [1.82, 2.24) is 14.9 Å². The van der Waals surface area contributed by atoms with Gasteiger partial charge in [-0.15, -0.1) is 11.3 Å². The van der Waals surface area contributed by atoms with E-state index in [0.29, 0.717) is 35.3 Å². The Labute approximate surface area is 258 Å². The van der Waals surface area contributed by atoms with Crippen LogP contribution in [0.4, 0.5) is 15.9 Å². The van der Waals surface area contributed by atoms with E-state index in [4.69, 9.17) is 22.1 Å². The van der Waals surface area contributed by atoms with Gasteiger partial charge in [-0.2, -0.15) is 0 Å². The van der Waals surface area contributed by atoms with E-state index in [2.05, 4.69) is 33.5 Å². The molecule has 7 nitrogen and oxygen atoms in total. The number of halogens is 2. The van der Waals surface area contributed by atoms with Crippen LogP contribution in [0.3, 0.4) is 0 Å². The molecule has 3 aromatic carbocycles. The van der Waals surface area contributed by atoms with Gasteiger partial charge < -0.3 is 20.7 Å². The number of hydrogen-bond acceptors (Lipinski definition) is 7. The minimum absolute atomic E-state index is 0.185. The third-order valence-electron chi connectivity index (χ3n) is 8.03. The van der Waals surface area contributed by atoms with Gasteiger partial charge in [-0.05, 0) is 80.1 Å². The first kappa shape index (κ1) is 29.3. The van der Waals surface area contributed by atoms with Crippen LogP contribution >= 0.6 is 22.9 Å². The summed E-state index contributed by atoms with van der Waals surface area (Å²) in [5, 5.41) is 5.79. The van der Waals surface area contributed by atoms with E-state index >= 15 is 0 Å². The Kier molecular flexibility index (Phi) is 8.22. The number of ether oxygens (including phenoxy) is 1. The topological polar surface area (TPSA) is 93.4 Å². The summed E-state index contributed by atoms with van der Waals surface area (Å²) in [6.45, 7) is 5.80. The van der Waals surface area contributed by atoms with E-state index in [0.717, 1.165) is 56.6 Å². The molecule has 1 atom stereocenters. The number of nitrogens with two attached hydrogens (primary N) is 1. The van der Waals surface area contributed by atoms with Crippen LogP contribution < -0.4 is 15.8 Å². The molecule has 1 saturated heterocycles. The SMILES string of the molecule is CC(C)(N)[C@H]1CCN(C(=O)CCc2ccc3c(c2)sc2ncnc(Nc4ccc(OCc5cccc(F)c5)c(Cl)c4)c23)C1. The molecule has 3 N–H and O–H groups in total. The van der Waals surface area contributed by atoms with Crippen molar-refractivity contribution in [3.8, 4) is 5.75 Å². The Balaban J connectivity index is 1.14. The first-order chi connectivity index (χ1) is 20.6. The minimum atomic E-state index is -0.307. The molecule has 43 heavy (non-hydrogen) atoms. The standard InChI is InChI=1S/C33H33ClFN5O2S/c1-33(2,36)22-12-13-40(17-22)29(41)11-7-20-6-9-25-28(15-20)43-32-30(25)31(37-19-38-32)39-24-8-10-27(26(34)16-24)42-18-21-4-3-5-23(35)14-21/h3-6,8-10,14-16,19,22H,7,11-13,17-18,36H2,1-2H3,(H,37,38,39)/t22-/m0/s1. The van der Waals surface area contributed by atoms with Crippen molar-refractivity contribution in [2.24, 2.45) is 11.7 Å². The largest absolute Gasteiger partial charge is 0.487 e. The van der Waals surface area contributed by atoms with E-state index < -0.39 is 0 Å². The normalized spacial score (nSPS) is 15.4. The van der Waals surface area contributed by atoms with Gasteiger partial charge in [0.15, 0.2) is 0 Å². The third kappa shape index (κ3) is 6.59. The van der Waals surface area contributed by atoms with Crippen LogP contribution in [0.15, 0.2) is 67.0 Å². The fourth-order valence-electron chi connectivity index (χ4n) is 5.53. The first-order valence-electron chi connectivity index (χ1n) is 14.3. The van der Waals surface area contributed by atoms with Gasteiger partial charge in [0, 0.05) is 40.8 Å². The Hall–Kier alpha value is -3.79. The summed E-state index contributed by atoms with van der Waals surface area (Å²) in [5.41, 5.74) is 8.60. The van der Waals surface area contributed by atoms with Crippen molar-refractivity contribution in [1.29, 1.82) is 0 Å². The molecule has 5 aromatic rings. The van der Waals surface area contributed by atoms with E-state index in [1.54, 1.807) is 41.9 Å². The molecule has 1 aliphatic rings. The van der Waals surface area contributed by atoms with Crippen molar-refractivity contribution < 1.29 is 13.9 Å². The smallest absolute Gasteiger partial charge is 0.222 e.